The average molecular weight is 626 g/mol. The van der Waals surface area contributed by atoms with Gasteiger partial charge in [0.25, 0.3) is 0 Å². The smallest absolute Gasteiger partial charge is 0.323 e. The quantitative estimate of drug-likeness (QED) is 0.105. The predicted octanol–water partition coefficient (Wildman–Crippen LogP) is 4.92. The molecule has 0 radical (unpaired) electrons. The highest BCUT2D eigenvalue weighted by Gasteiger charge is 2.39. The number of nitrogens with zero attached hydrogens (tertiary/aromatic N) is 1. The van der Waals surface area contributed by atoms with E-state index in [1.807, 2.05) is 69.3 Å². The van der Waals surface area contributed by atoms with Crippen molar-refractivity contribution >= 4 is 23.5 Å². The first kappa shape index (κ1) is 34.5. The van der Waals surface area contributed by atoms with Crippen LogP contribution < -0.4 is 10.8 Å². The van der Waals surface area contributed by atoms with E-state index in [9.17, 15) is 19.5 Å². The monoisotopic (exact) mass is 625 g/mol. The lowest BCUT2D eigenvalue weighted by molar-refractivity contribution is -0.253. The van der Waals surface area contributed by atoms with Crippen molar-refractivity contribution in [3.63, 3.8) is 0 Å². The van der Waals surface area contributed by atoms with Crippen molar-refractivity contribution in [2.45, 2.75) is 109 Å². The number of esters is 1. The molecule has 0 aliphatic carbocycles. The van der Waals surface area contributed by atoms with E-state index in [0.29, 0.717) is 44.3 Å². The maximum atomic E-state index is 13.0. The van der Waals surface area contributed by atoms with E-state index in [4.69, 9.17) is 19.4 Å². The lowest BCUT2D eigenvalue weighted by atomic mass is 9.99. The highest BCUT2D eigenvalue weighted by Crippen LogP contribution is 2.39. The Morgan fingerprint density at radius 3 is 2.40 bits per heavy atom. The zero-order chi connectivity index (χ0) is 32.4. The fourth-order valence-corrected chi connectivity index (χ4v) is 5.77. The van der Waals surface area contributed by atoms with Gasteiger partial charge in [0.05, 0.1) is 18.8 Å². The molecule has 0 bridgehead atoms. The van der Waals surface area contributed by atoms with E-state index >= 15 is 0 Å². The Hall–Kier alpha value is -3.35. The molecule has 2 fully saturated rings. The van der Waals surface area contributed by atoms with E-state index in [1.54, 1.807) is 5.48 Å². The zero-order valence-electron chi connectivity index (χ0n) is 26.5. The van der Waals surface area contributed by atoms with Crippen LogP contribution in [0.3, 0.4) is 0 Å². The normalized spacial score (nSPS) is 22.2. The molecule has 0 spiro atoms. The number of anilines is 1. The maximum absolute atomic E-state index is 13.0. The minimum atomic E-state index is -0.705. The predicted molar refractivity (Wildman–Crippen MR) is 167 cm³/mol. The fourth-order valence-electron chi connectivity index (χ4n) is 5.77. The van der Waals surface area contributed by atoms with Crippen LogP contribution in [0, 0.1) is 0 Å². The highest BCUT2D eigenvalue weighted by atomic mass is 16.7. The van der Waals surface area contributed by atoms with Crippen LogP contribution in [-0.2, 0) is 35.2 Å². The van der Waals surface area contributed by atoms with Crippen molar-refractivity contribution < 1.29 is 38.9 Å². The van der Waals surface area contributed by atoms with Crippen LogP contribution in [-0.4, -0.2) is 63.8 Å². The second-order valence-electron chi connectivity index (χ2n) is 12.8. The summed E-state index contributed by atoms with van der Waals surface area (Å²) in [4.78, 5) is 38.9. The van der Waals surface area contributed by atoms with Crippen LogP contribution in [0.5, 0.6) is 0 Å². The van der Waals surface area contributed by atoms with E-state index in [2.05, 4.69) is 10.2 Å². The molecule has 2 heterocycles. The second kappa shape index (κ2) is 16.3. The van der Waals surface area contributed by atoms with Gasteiger partial charge in [-0.25, -0.2) is 5.48 Å². The number of likely N-dealkylation sites (tertiary alicyclic amines) is 1. The number of hydroxylamine groups is 1. The number of ether oxygens (including phenoxy) is 3. The largest absolute Gasteiger partial charge is 0.459 e. The third kappa shape index (κ3) is 10.6. The number of nitrogens with one attached hydrogen (secondary N) is 2. The van der Waals surface area contributed by atoms with Crippen LogP contribution in [0.2, 0.25) is 0 Å². The molecule has 2 aromatic rings. The van der Waals surface area contributed by atoms with Crippen molar-refractivity contribution in [3.8, 4) is 0 Å². The summed E-state index contributed by atoms with van der Waals surface area (Å²) in [5, 5.41) is 21.0. The molecular weight excluding hydrogens is 578 g/mol. The van der Waals surface area contributed by atoms with Crippen LogP contribution in [0.15, 0.2) is 48.5 Å². The summed E-state index contributed by atoms with van der Waals surface area (Å²) in [6.45, 7) is 6.92. The summed E-state index contributed by atoms with van der Waals surface area (Å²) in [5.41, 5.74) is 4.22. The van der Waals surface area contributed by atoms with E-state index in [1.165, 1.54) is 0 Å². The summed E-state index contributed by atoms with van der Waals surface area (Å²) in [6.07, 6.45) is 3.44. The number of aliphatic hydroxyl groups excluding tert-OH is 1. The number of unbranched alkanes of at least 4 members (excludes halogenated alkanes) is 2. The average Bonchev–Trinajstić information content (AvgIpc) is 3.48. The van der Waals surface area contributed by atoms with Gasteiger partial charge in [0.1, 0.15) is 11.6 Å². The number of carbonyl (C=O) groups is 3. The number of hydrogen-bond donors (Lipinski definition) is 4. The van der Waals surface area contributed by atoms with Gasteiger partial charge in [-0.2, -0.15) is 0 Å². The van der Waals surface area contributed by atoms with Gasteiger partial charge in [-0.15, -0.1) is 0 Å². The van der Waals surface area contributed by atoms with Gasteiger partial charge in [-0.1, -0.05) is 42.8 Å². The van der Waals surface area contributed by atoms with E-state index < -0.39 is 17.8 Å². The summed E-state index contributed by atoms with van der Waals surface area (Å²) in [7, 11) is 0. The summed E-state index contributed by atoms with van der Waals surface area (Å²) in [6, 6.07) is 14.8. The first-order valence-electron chi connectivity index (χ1n) is 15.8. The van der Waals surface area contributed by atoms with Gasteiger partial charge < -0.3 is 24.6 Å². The van der Waals surface area contributed by atoms with Crippen LogP contribution in [0.1, 0.15) is 101 Å². The first-order valence-corrected chi connectivity index (χ1v) is 15.8. The molecule has 45 heavy (non-hydrogen) atoms. The SMILES string of the molecule is CC(C)(C)OC(=O)[C@@H]1CCCN1C[C@@H]1C[C@H](c2ccc(CO)cc2)O[C@H](c2cccc(NC(=O)CCCCCC(=O)NO)c2)O1. The molecule has 4 atom stereocenters. The first-order chi connectivity index (χ1) is 21.5. The lowest BCUT2D eigenvalue weighted by Gasteiger charge is -2.38. The second-order valence-corrected chi connectivity index (χ2v) is 12.8. The number of rotatable bonds is 13. The van der Waals surface area contributed by atoms with Crippen molar-refractivity contribution in [1.82, 2.24) is 10.4 Å². The van der Waals surface area contributed by atoms with Crippen LogP contribution in [0.25, 0.3) is 0 Å². The molecule has 2 amide bonds. The molecular formula is C34H47N3O8. The highest BCUT2D eigenvalue weighted by molar-refractivity contribution is 5.90. The molecule has 0 aromatic heterocycles. The van der Waals surface area contributed by atoms with Gasteiger partial charge in [0.2, 0.25) is 11.8 Å². The zero-order valence-corrected chi connectivity index (χ0v) is 26.5. The fraction of sp³-hybridized carbons (Fsp3) is 0.559. The summed E-state index contributed by atoms with van der Waals surface area (Å²) in [5.74, 6) is -0.775. The van der Waals surface area contributed by atoms with Crippen molar-refractivity contribution in [1.29, 1.82) is 0 Å². The summed E-state index contributed by atoms with van der Waals surface area (Å²) >= 11 is 0. The molecule has 246 valence electrons. The molecule has 4 rings (SSSR count). The lowest BCUT2D eigenvalue weighted by Crippen LogP contribution is -2.45. The molecule has 0 saturated carbocycles. The third-order valence-electron chi connectivity index (χ3n) is 7.97. The number of amides is 2. The number of hydrogen-bond acceptors (Lipinski definition) is 9. The molecule has 2 aromatic carbocycles. The topological polar surface area (TPSA) is 147 Å². The number of carbonyl (C=O) groups excluding carboxylic acids is 3. The number of benzene rings is 2. The molecule has 2 aliphatic heterocycles. The molecule has 0 unspecified atom stereocenters. The van der Waals surface area contributed by atoms with Crippen LogP contribution >= 0.6 is 0 Å². The molecule has 4 N–H and O–H groups in total. The molecule has 2 aliphatic rings. The molecule has 11 nitrogen and oxygen atoms in total. The molecule has 2 saturated heterocycles. The molecule has 11 heteroatoms. The van der Waals surface area contributed by atoms with Gasteiger partial charge >= 0.3 is 5.97 Å². The van der Waals surface area contributed by atoms with Gasteiger partial charge in [0.15, 0.2) is 6.29 Å². The Labute approximate surface area is 265 Å². The Morgan fingerprint density at radius 2 is 1.71 bits per heavy atom. The van der Waals surface area contributed by atoms with Gasteiger partial charge in [-0.3, -0.25) is 24.5 Å². The Bertz CT molecular complexity index is 1280. The standard InChI is InChI=1S/C34H47N3O8/c1-34(2,3)45-32(41)28-11-8-18-37(28)21-27-20-29(24-16-14-23(22-38)15-17-24)44-33(43-27)25-9-7-10-26(19-25)35-30(39)12-5-4-6-13-31(40)36-42/h7,9-10,14-17,19,27-29,33,38,42H,4-6,8,11-13,18,20-22H2,1-3H3,(H,35,39)(H,36,40)/t27-,28-,29+,33+/m0/s1. The Morgan fingerprint density at radius 1 is 0.978 bits per heavy atom. The minimum Gasteiger partial charge on any atom is -0.459 e. The van der Waals surface area contributed by atoms with E-state index in [0.717, 1.165) is 36.1 Å². The minimum absolute atomic E-state index is 0.0411. The number of aliphatic hydroxyl groups is 1. The van der Waals surface area contributed by atoms with Crippen molar-refractivity contribution in [3.05, 3.63) is 65.2 Å². The van der Waals surface area contributed by atoms with Gasteiger partial charge in [0, 0.05) is 37.1 Å². The van der Waals surface area contributed by atoms with Gasteiger partial charge in [-0.05, 0) is 76.3 Å². The van der Waals surface area contributed by atoms with Crippen molar-refractivity contribution in [2.24, 2.45) is 0 Å². The summed E-state index contributed by atoms with van der Waals surface area (Å²) < 4.78 is 18.7. The Balaban J connectivity index is 1.44. The third-order valence-corrected chi connectivity index (χ3v) is 7.97. The van der Waals surface area contributed by atoms with Crippen molar-refractivity contribution in [2.75, 3.05) is 18.4 Å². The Kier molecular flexibility index (Phi) is 12.5. The maximum Gasteiger partial charge on any atom is 0.323 e. The van der Waals surface area contributed by atoms with E-state index in [-0.39, 0.29) is 43.2 Å². The van der Waals surface area contributed by atoms with Crippen LogP contribution in [0.4, 0.5) is 5.69 Å².